The Bertz CT molecular complexity index is 1890. The van der Waals surface area contributed by atoms with Crippen LogP contribution in [0, 0.1) is 0 Å². The Hall–Kier alpha value is -4.85. The lowest BCUT2D eigenvalue weighted by Crippen LogP contribution is -2.57. The topological polar surface area (TPSA) is 174 Å². The number of rotatable bonds is 13. The molecule has 0 spiro atoms. The van der Waals surface area contributed by atoms with E-state index < -0.39 is 48.7 Å². The zero-order valence-corrected chi connectivity index (χ0v) is 30.7. The SMILES string of the molecule is COc1ccc([C@@H]2Sc3ccccc3NC(=O)[C@H]2NC(=O)[C@H](Cc2ccc(OP(=O)(O)OCc3ccccc3)cc2)NNC(=O)OC(C)(C)C)cc1. The van der Waals surface area contributed by atoms with E-state index in [0.29, 0.717) is 22.6 Å². The first kappa shape index (κ1) is 38.4. The molecule has 4 aromatic rings. The number of phosphoric ester groups is 1. The monoisotopic (exact) mass is 748 g/mol. The molecule has 1 aliphatic heterocycles. The van der Waals surface area contributed by atoms with Gasteiger partial charge in [0.2, 0.25) is 11.8 Å². The van der Waals surface area contributed by atoms with Crippen LogP contribution < -0.4 is 30.7 Å². The largest absolute Gasteiger partial charge is 0.527 e. The van der Waals surface area contributed by atoms with Crippen LogP contribution in [0.15, 0.2) is 108 Å². The maximum absolute atomic E-state index is 14.1. The number of methoxy groups -OCH3 is 1. The van der Waals surface area contributed by atoms with Crippen LogP contribution in [0.25, 0.3) is 0 Å². The minimum Gasteiger partial charge on any atom is -0.497 e. The Balaban J connectivity index is 1.34. The van der Waals surface area contributed by atoms with Crippen LogP contribution in [-0.4, -0.2) is 47.6 Å². The molecule has 4 atom stereocenters. The molecule has 0 aliphatic carbocycles. The molecule has 1 aliphatic rings. The number of carbonyl (C=O) groups excluding carboxylic acids is 3. The Morgan fingerprint density at radius 2 is 1.56 bits per heavy atom. The number of anilines is 1. The van der Waals surface area contributed by atoms with E-state index in [1.807, 2.05) is 36.4 Å². The summed E-state index contributed by atoms with van der Waals surface area (Å²) in [7, 11) is -2.89. The zero-order chi connectivity index (χ0) is 37.3. The molecule has 0 saturated heterocycles. The number of benzene rings is 4. The summed E-state index contributed by atoms with van der Waals surface area (Å²) in [6.07, 6.45) is -0.782. The number of ether oxygens (including phenoxy) is 2. The average molecular weight is 749 g/mol. The summed E-state index contributed by atoms with van der Waals surface area (Å²) in [6, 6.07) is 27.6. The second kappa shape index (κ2) is 17.1. The smallest absolute Gasteiger partial charge is 0.497 e. The van der Waals surface area contributed by atoms with Gasteiger partial charge in [0.15, 0.2) is 0 Å². The molecule has 5 N–H and O–H groups in total. The van der Waals surface area contributed by atoms with Crippen molar-refractivity contribution in [3.8, 4) is 11.5 Å². The van der Waals surface area contributed by atoms with Crippen LogP contribution in [-0.2, 0) is 36.4 Å². The quantitative estimate of drug-likeness (QED) is 0.0767. The lowest BCUT2D eigenvalue weighted by molar-refractivity contribution is -0.128. The van der Waals surface area contributed by atoms with Crippen molar-refractivity contribution >= 4 is 43.2 Å². The van der Waals surface area contributed by atoms with Gasteiger partial charge >= 0.3 is 13.9 Å². The number of para-hydroxylation sites is 1. The Kier molecular flexibility index (Phi) is 12.6. The average Bonchev–Trinajstić information content (AvgIpc) is 3.25. The first-order valence-electron chi connectivity index (χ1n) is 16.3. The first-order chi connectivity index (χ1) is 24.8. The molecule has 0 aromatic heterocycles. The number of phosphoric acid groups is 1. The van der Waals surface area contributed by atoms with Crippen LogP contribution in [0.2, 0.25) is 0 Å². The van der Waals surface area contributed by atoms with E-state index in [1.54, 1.807) is 82.5 Å². The molecule has 0 radical (unpaired) electrons. The van der Waals surface area contributed by atoms with E-state index in [-0.39, 0.29) is 18.8 Å². The van der Waals surface area contributed by atoms with Gasteiger partial charge in [0.1, 0.15) is 29.2 Å². The minimum atomic E-state index is -4.45. The van der Waals surface area contributed by atoms with E-state index in [4.69, 9.17) is 18.5 Å². The van der Waals surface area contributed by atoms with Crippen molar-refractivity contribution in [1.29, 1.82) is 0 Å². The molecule has 15 heteroatoms. The van der Waals surface area contributed by atoms with Gasteiger partial charge in [-0.25, -0.2) is 14.8 Å². The number of nitrogens with one attached hydrogen (secondary N) is 4. The van der Waals surface area contributed by atoms with Gasteiger partial charge in [-0.15, -0.1) is 11.8 Å². The number of thioether (sulfide) groups is 1. The lowest BCUT2D eigenvalue weighted by Gasteiger charge is -2.28. The van der Waals surface area contributed by atoms with Crippen LogP contribution in [0.4, 0.5) is 10.5 Å². The van der Waals surface area contributed by atoms with Crippen molar-refractivity contribution in [3.05, 3.63) is 120 Å². The van der Waals surface area contributed by atoms with Crippen LogP contribution in [0.1, 0.15) is 42.7 Å². The summed E-state index contributed by atoms with van der Waals surface area (Å²) in [6.45, 7) is 5.00. The maximum atomic E-state index is 14.1. The highest BCUT2D eigenvalue weighted by atomic mass is 32.2. The number of amides is 3. The number of carbonyl (C=O) groups is 3. The summed E-state index contributed by atoms with van der Waals surface area (Å²) in [4.78, 5) is 51.5. The molecule has 0 bridgehead atoms. The molecular formula is C37H41N4O9PS. The van der Waals surface area contributed by atoms with Gasteiger partial charge in [-0.1, -0.05) is 66.7 Å². The van der Waals surface area contributed by atoms with Gasteiger partial charge in [0, 0.05) is 4.90 Å². The van der Waals surface area contributed by atoms with Crippen LogP contribution >= 0.6 is 19.6 Å². The summed E-state index contributed by atoms with van der Waals surface area (Å²) in [5.41, 5.74) is 7.10. The molecule has 0 saturated carbocycles. The molecule has 52 heavy (non-hydrogen) atoms. The molecule has 0 fully saturated rings. The van der Waals surface area contributed by atoms with Crippen molar-refractivity contribution in [2.24, 2.45) is 0 Å². The molecule has 3 amide bonds. The molecule has 13 nitrogen and oxygen atoms in total. The second-order valence-corrected chi connectivity index (χ2v) is 15.3. The van der Waals surface area contributed by atoms with Gasteiger partial charge in [-0.3, -0.25) is 24.4 Å². The van der Waals surface area contributed by atoms with Gasteiger partial charge in [-0.2, -0.15) is 0 Å². The Morgan fingerprint density at radius 3 is 2.23 bits per heavy atom. The predicted octanol–water partition coefficient (Wildman–Crippen LogP) is 6.30. The zero-order valence-electron chi connectivity index (χ0n) is 29.0. The van der Waals surface area contributed by atoms with Crippen molar-refractivity contribution in [2.75, 3.05) is 12.4 Å². The highest BCUT2D eigenvalue weighted by Gasteiger charge is 2.37. The van der Waals surface area contributed by atoms with Crippen molar-refractivity contribution < 1.29 is 42.4 Å². The highest BCUT2D eigenvalue weighted by Crippen LogP contribution is 2.45. The predicted molar refractivity (Wildman–Crippen MR) is 197 cm³/mol. The summed E-state index contributed by atoms with van der Waals surface area (Å²) in [5.74, 6) is -0.300. The standard InChI is InChI=1S/C37H41N4O9PS/c1-37(2,3)49-36(44)41-40-30(22-24-14-18-28(19-15-24)50-51(45,46)48-23-25-10-6-5-7-11-25)34(42)39-32-33(26-16-20-27(47-4)21-17-26)52-31-13-9-8-12-29(31)38-35(32)43/h5-21,30,32-33,40H,22-23H2,1-4H3,(H,38,43)(H,39,42)(H,41,44)(H,45,46)/t30-,32-,33-/m0/s1. The lowest BCUT2D eigenvalue weighted by atomic mass is 10.0. The van der Waals surface area contributed by atoms with E-state index in [2.05, 4.69) is 21.5 Å². The fourth-order valence-corrected chi connectivity index (χ4v) is 7.20. The third-order valence-electron chi connectivity index (χ3n) is 7.61. The molecule has 4 aromatic carbocycles. The number of fused-ring (bicyclic) bond motifs is 1. The highest BCUT2D eigenvalue weighted by molar-refractivity contribution is 7.99. The Labute approximate surface area is 306 Å². The van der Waals surface area contributed by atoms with Gasteiger partial charge in [0.25, 0.3) is 0 Å². The molecule has 5 rings (SSSR count). The fraction of sp³-hybridized carbons (Fsp3) is 0.270. The van der Waals surface area contributed by atoms with Crippen LogP contribution in [0.3, 0.4) is 0 Å². The van der Waals surface area contributed by atoms with E-state index >= 15 is 0 Å². The number of hydrogen-bond donors (Lipinski definition) is 5. The van der Waals surface area contributed by atoms with Gasteiger partial charge in [0.05, 0.1) is 24.7 Å². The van der Waals surface area contributed by atoms with Gasteiger partial charge < -0.3 is 24.6 Å². The Morgan fingerprint density at radius 1 is 0.904 bits per heavy atom. The third-order valence-corrected chi connectivity index (χ3v) is 9.92. The third kappa shape index (κ3) is 11.1. The fourth-order valence-electron chi connectivity index (χ4n) is 5.15. The molecule has 274 valence electrons. The maximum Gasteiger partial charge on any atom is 0.527 e. The van der Waals surface area contributed by atoms with E-state index in [9.17, 15) is 23.8 Å². The summed E-state index contributed by atoms with van der Waals surface area (Å²) < 4.78 is 33.6. The summed E-state index contributed by atoms with van der Waals surface area (Å²) >= 11 is 1.43. The molecule has 1 unspecified atom stereocenters. The summed E-state index contributed by atoms with van der Waals surface area (Å²) in [5, 5.41) is 5.31. The number of hydrazine groups is 1. The van der Waals surface area contributed by atoms with E-state index in [1.165, 1.54) is 23.9 Å². The second-order valence-electron chi connectivity index (χ2n) is 12.8. The van der Waals surface area contributed by atoms with Gasteiger partial charge in [-0.05, 0) is 80.3 Å². The normalized spacial score (nSPS) is 17.3. The first-order valence-corrected chi connectivity index (χ1v) is 18.7. The minimum absolute atomic E-state index is 0.0259. The molecule has 1 heterocycles. The van der Waals surface area contributed by atoms with Crippen molar-refractivity contribution in [1.82, 2.24) is 16.2 Å². The number of hydrogen-bond acceptors (Lipinski definition) is 10. The molecular weight excluding hydrogens is 707 g/mol. The van der Waals surface area contributed by atoms with Crippen molar-refractivity contribution in [3.63, 3.8) is 0 Å². The van der Waals surface area contributed by atoms with Crippen molar-refractivity contribution in [2.45, 2.75) is 61.6 Å². The van der Waals surface area contributed by atoms with Crippen LogP contribution in [0.5, 0.6) is 11.5 Å². The van der Waals surface area contributed by atoms with E-state index in [0.717, 1.165) is 10.5 Å².